The Kier molecular flexibility index (Phi) is 13.0. The van der Waals surface area contributed by atoms with E-state index in [9.17, 15) is 9.59 Å². The number of Topliss-reactive ketones (excluding diaryl/α,β-unsaturated/α-hetero) is 1. The van der Waals surface area contributed by atoms with Crippen molar-refractivity contribution in [3.63, 3.8) is 0 Å². The number of amides is 1. The zero-order valence-electron chi connectivity index (χ0n) is 6.60. The predicted octanol–water partition coefficient (Wildman–Crippen LogP) is -0.843. The van der Waals surface area contributed by atoms with E-state index < -0.39 is 0 Å². The maximum Gasteiger partial charge on any atom is 0.207 e. The number of carbonyl (C=O) groups excluding carboxylic acids is 2. The number of nitrogens with one attached hydrogen (secondary N) is 2. The average molecular weight is 146 g/mol. The molecule has 0 radical (unpaired) electrons. The van der Waals surface area contributed by atoms with E-state index in [4.69, 9.17) is 0 Å². The molecule has 0 fully saturated rings. The van der Waals surface area contributed by atoms with E-state index in [2.05, 4.69) is 10.6 Å². The molecule has 0 atom stereocenters. The van der Waals surface area contributed by atoms with E-state index in [1.807, 2.05) is 14.1 Å². The van der Waals surface area contributed by atoms with E-state index in [1.165, 1.54) is 6.92 Å². The summed E-state index contributed by atoms with van der Waals surface area (Å²) in [4.78, 5) is 19.4. The third kappa shape index (κ3) is 27.5. The Labute approximate surface area is 61.0 Å². The molecule has 0 aliphatic rings. The second kappa shape index (κ2) is 11.0. The Hall–Kier alpha value is -0.900. The second-order valence-corrected chi connectivity index (χ2v) is 1.70. The summed E-state index contributed by atoms with van der Waals surface area (Å²) in [6.07, 6.45) is 0.501. The predicted molar refractivity (Wildman–Crippen MR) is 39.7 cm³/mol. The minimum atomic E-state index is -0.0351. The Morgan fingerprint density at radius 3 is 2.00 bits per heavy atom. The number of carbonyl (C=O) groups is 2. The number of hydrogen-bond acceptors (Lipinski definition) is 3. The summed E-state index contributed by atoms with van der Waals surface area (Å²) in [6, 6.07) is 0. The smallest absolute Gasteiger partial charge is 0.207 e. The van der Waals surface area contributed by atoms with Gasteiger partial charge in [0.2, 0.25) is 6.41 Å². The SMILES string of the molecule is CC(=O)CNC=O.CNC. The van der Waals surface area contributed by atoms with Gasteiger partial charge >= 0.3 is 0 Å². The van der Waals surface area contributed by atoms with Crippen molar-refractivity contribution in [1.82, 2.24) is 10.6 Å². The molecule has 0 aromatic carbocycles. The highest BCUT2D eigenvalue weighted by atomic mass is 16.1. The first kappa shape index (κ1) is 11.8. The fraction of sp³-hybridized carbons (Fsp3) is 0.667. The van der Waals surface area contributed by atoms with E-state index >= 15 is 0 Å². The first-order valence-electron chi connectivity index (χ1n) is 2.94. The van der Waals surface area contributed by atoms with E-state index in [1.54, 1.807) is 0 Å². The van der Waals surface area contributed by atoms with Crippen LogP contribution in [0.2, 0.25) is 0 Å². The molecular weight excluding hydrogens is 132 g/mol. The normalized spacial score (nSPS) is 7.10. The van der Waals surface area contributed by atoms with Crippen LogP contribution in [0, 0.1) is 0 Å². The van der Waals surface area contributed by atoms with Crippen LogP contribution in [0.25, 0.3) is 0 Å². The minimum Gasteiger partial charge on any atom is -0.352 e. The van der Waals surface area contributed by atoms with Gasteiger partial charge in [0.15, 0.2) is 0 Å². The van der Waals surface area contributed by atoms with Crippen molar-refractivity contribution >= 4 is 12.2 Å². The lowest BCUT2D eigenvalue weighted by Crippen LogP contribution is -2.18. The van der Waals surface area contributed by atoms with Crippen molar-refractivity contribution in [2.75, 3.05) is 20.6 Å². The fourth-order valence-electron chi connectivity index (χ4n) is 0.185. The molecule has 4 nitrogen and oxygen atoms in total. The summed E-state index contributed by atoms with van der Waals surface area (Å²) in [5.41, 5.74) is 0. The maximum atomic E-state index is 9.98. The van der Waals surface area contributed by atoms with E-state index in [-0.39, 0.29) is 12.3 Å². The second-order valence-electron chi connectivity index (χ2n) is 1.70. The van der Waals surface area contributed by atoms with Crippen molar-refractivity contribution in [3.05, 3.63) is 0 Å². The molecule has 0 saturated carbocycles. The third-order valence-electron chi connectivity index (χ3n) is 0.434. The first-order chi connectivity index (χ1) is 4.68. The standard InChI is InChI=1S/C4H7NO2.C2H7N/c1-4(7)2-5-3-6;1-3-2/h3H,2H2,1H3,(H,5,6);3H,1-2H3. The van der Waals surface area contributed by atoms with Crippen LogP contribution >= 0.6 is 0 Å². The highest BCUT2D eigenvalue weighted by molar-refractivity contribution is 5.79. The molecule has 10 heavy (non-hydrogen) atoms. The number of rotatable bonds is 3. The van der Waals surface area contributed by atoms with Crippen molar-refractivity contribution in [1.29, 1.82) is 0 Å². The molecule has 0 aliphatic heterocycles. The van der Waals surface area contributed by atoms with Crippen LogP contribution in [0.4, 0.5) is 0 Å². The molecule has 0 aromatic heterocycles. The van der Waals surface area contributed by atoms with Gasteiger partial charge < -0.3 is 10.6 Å². The van der Waals surface area contributed by atoms with Crippen molar-refractivity contribution in [2.24, 2.45) is 0 Å². The quantitative estimate of drug-likeness (QED) is 0.510. The Bertz CT molecular complexity index is 93.7. The molecule has 0 heterocycles. The molecule has 4 heteroatoms. The molecule has 0 bridgehead atoms. The monoisotopic (exact) mass is 146 g/mol. The van der Waals surface area contributed by atoms with Crippen molar-refractivity contribution in [3.8, 4) is 0 Å². The molecule has 0 aliphatic carbocycles. The fourth-order valence-corrected chi connectivity index (χ4v) is 0.185. The van der Waals surface area contributed by atoms with Crippen molar-refractivity contribution < 1.29 is 9.59 Å². The largest absolute Gasteiger partial charge is 0.352 e. The van der Waals surface area contributed by atoms with Crippen molar-refractivity contribution in [2.45, 2.75) is 6.92 Å². The van der Waals surface area contributed by atoms with Gasteiger partial charge in [-0.15, -0.1) is 0 Å². The van der Waals surface area contributed by atoms with E-state index in [0.29, 0.717) is 6.41 Å². The van der Waals surface area contributed by atoms with Crippen LogP contribution in [-0.4, -0.2) is 32.8 Å². The Morgan fingerprint density at radius 2 is 1.90 bits per heavy atom. The topological polar surface area (TPSA) is 58.2 Å². The summed E-state index contributed by atoms with van der Waals surface area (Å²) in [6.45, 7) is 1.56. The summed E-state index contributed by atoms with van der Waals surface area (Å²) in [5, 5.41) is 4.97. The molecule has 0 unspecified atom stereocenters. The Balaban J connectivity index is 0. The van der Waals surface area contributed by atoms with Gasteiger partial charge in [0, 0.05) is 0 Å². The summed E-state index contributed by atoms with van der Waals surface area (Å²) < 4.78 is 0. The summed E-state index contributed by atoms with van der Waals surface area (Å²) in [7, 11) is 3.75. The summed E-state index contributed by atoms with van der Waals surface area (Å²) in [5.74, 6) is -0.0351. The molecule has 0 saturated heterocycles. The van der Waals surface area contributed by atoms with Crippen LogP contribution in [0.15, 0.2) is 0 Å². The highest BCUT2D eigenvalue weighted by Crippen LogP contribution is 1.57. The minimum absolute atomic E-state index is 0.0351. The van der Waals surface area contributed by atoms with Crippen LogP contribution in [0.3, 0.4) is 0 Å². The first-order valence-corrected chi connectivity index (χ1v) is 2.94. The summed E-state index contributed by atoms with van der Waals surface area (Å²) >= 11 is 0. The highest BCUT2D eigenvalue weighted by Gasteiger charge is 1.84. The van der Waals surface area contributed by atoms with Gasteiger partial charge in [-0.1, -0.05) is 0 Å². The van der Waals surface area contributed by atoms with Gasteiger partial charge in [-0.2, -0.15) is 0 Å². The van der Waals surface area contributed by atoms with Crippen LogP contribution < -0.4 is 10.6 Å². The van der Waals surface area contributed by atoms with Gasteiger partial charge in [0.05, 0.1) is 6.54 Å². The number of hydrogen-bond donors (Lipinski definition) is 2. The molecular formula is C6H14N2O2. The zero-order valence-corrected chi connectivity index (χ0v) is 6.60. The van der Waals surface area contributed by atoms with Crippen LogP contribution in [0.1, 0.15) is 6.92 Å². The molecule has 1 amide bonds. The molecule has 0 aromatic rings. The van der Waals surface area contributed by atoms with E-state index in [0.717, 1.165) is 0 Å². The Morgan fingerprint density at radius 1 is 1.50 bits per heavy atom. The zero-order chi connectivity index (χ0) is 8.41. The molecule has 60 valence electrons. The lowest BCUT2D eigenvalue weighted by Gasteiger charge is -1.86. The van der Waals surface area contributed by atoms with Gasteiger partial charge in [-0.05, 0) is 21.0 Å². The third-order valence-corrected chi connectivity index (χ3v) is 0.434. The van der Waals surface area contributed by atoms with Gasteiger partial charge in [0.25, 0.3) is 0 Å². The van der Waals surface area contributed by atoms with Gasteiger partial charge in [-0.25, -0.2) is 0 Å². The van der Waals surface area contributed by atoms with Crippen LogP contribution in [-0.2, 0) is 9.59 Å². The molecule has 0 spiro atoms. The lowest BCUT2D eigenvalue weighted by molar-refractivity contribution is -0.118. The number of ketones is 1. The van der Waals surface area contributed by atoms with Gasteiger partial charge in [-0.3, -0.25) is 9.59 Å². The molecule has 0 rings (SSSR count). The molecule has 2 N–H and O–H groups in total. The van der Waals surface area contributed by atoms with Gasteiger partial charge in [0.1, 0.15) is 5.78 Å². The average Bonchev–Trinajstić information content (AvgIpc) is 1.85. The maximum absolute atomic E-state index is 9.98. The lowest BCUT2D eigenvalue weighted by atomic mass is 10.5. The van der Waals surface area contributed by atoms with Crippen LogP contribution in [0.5, 0.6) is 0 Å².